The van der Waals surface area contributed by atoms with Gasteiger partial charge in [0.25, 0.3) is 0 Å². The van der Waals surface area contributed by atoms with Gasteiger partial charge in [0.1, 0.15) is 24.7 Å². The number of rotatable bonds is 14. The first-order valence-corrected chi connectivity index (χ1v) is 11.5. The van der Waals surface area contributed by atoms with Crippen LogP contribution in [0.25, 0.3) is 0 Å². The SMILES string of the molecule is CC(C)C[C@H](NC=O)C(=O)N[C@@H](C)C(=O)NCC1(N[C@@H](C)C(=O)OCc2ccccc2)COC1. The normalized spacial score (nSPS) is 17.0. The molecular formula is C24H36N4O6. The number of carbonyl (C=O) groups is 4. The van der Waals surface area contributed by atoms with Gasteiger partial charge in [-0.15, -0.1) is 0 Å². The number of nitrogens with one attached hydrogen (secondary N) is 4. The Hall–Kier alpha value is -2.98. The van der Waals surface area contributed by atoms with Gasteiger partial charge in [0, 0.05) is 6.54 Å². The van der Waals surface area contributed by atoms with Gasteiger partial charge in [-0.2, -0.15) is 0 Å². The third-order valence-electron chi connectivity index (χ3n) is 5.50. The second-order valence-corrected chi connectivity index (χ2v) is 9.15. The summed E-state index contributed by atoms with van der Waals surface area (Å²) in [5.74, 6) is -1.01. The molecule has 0 radical (unpaired) electrons. The highest BCUT2D eigenvalue weighted by Crippen LogP contribution is 2.17. The van der Waals surface area contributed by atoms with E-state index >= 15 is 0 Å². The summed E-state index contributed by atoms with van der Waals surface area (Å²) in [7, 11) is 0. The Morgan fingerprint density at radius 1 is 1.06 bits per heavy atom. The molecule has 0 spiro atoms. The van der Waals surface area contributed by atoms with E-state index in [0.29, 0.717) is 26.0 Å². The van der Waals surface area contributed by atoms with E-state index in [4.69, 9.17) is 9.47 Å². The fraction of sp³-hybridized carbons (Fsp3) is 0.583. The topological polar surface area (TPSA) is 135 Å². The van der Waals surface area contributed by atoms with Crippen LogP contribution in [0.5, 0.6) is 0 Å². The van der Waals surface area contributed by atoms with Gasteiger partial charge in [0.15, 0.2) is 0 Å². The molecule has 1 aromatic carbocycles. The fourth-order valence-corrected chi connectivity index (χ4v) is 3.55. The van der Waals surface area contributed by atoms with E-state index in [2.05, 4.69) is 21.3 Å². The van der Waals surface area contributed by atoms with Crippen LogP contribution in [0.3, 0.4) is 0 Å². The Labute approximate surface area is 200 Å². The number of esters is 1. The van der Waals surface area contributed by atoms with Crippen molar-refractivity contribution in [3.63, 3.8) is 0 Å². The van der Waals surface area contributed by atoms with E-state index in [-0.39, 0.29) is 25.0 Å². The number of benzene rings is 1. The lowest BCUT2D eigenvalue weighted by Crippen LogP contribution is -2.69. The highest BCUT2D eigenvalue weighted by Gasteiger charge is 2.41. The first-order valence-electron chi connectivity index (χ1n) is 11.5. The van der Waals surface area contributed by atoms with Crippen LogP contribution < -0.4 is 21.3 Å². The van der Waals surface area contributed by atoms with E-state index in [9.17, 15) is 19.2 Å². The van der Waals surface area contributed by atoms with Gasteiger partial charge in [-0.3, -0.25) is 24.5 Å². The summed E-state index contributed by atoms with van der Waals surface area (Å²) in [5.41, 5.74) is 0.288. The van der Waals surface area contributed by atoms with Crippen LogP contribution in [-0.4, -0.2) is 67.6 Å². The first kappa shape index (κ1) is 27.3. The highest BCUT2D eigenvalue weighted by molar-refractivity contribution is 5.90. The zero-order chi connectivity index (χ0) is 25.1. The van der Waals surface area contributed by atoms with E-state index in [1.807, 2.05) is 44.2 Å². The Morgan fingerprint density at radius 3 is 2.29 bits per heavy atom. The lowest BCUT2D eigenvalue weighted by atomic mass is 9.95. The van der Waals surface area contributed by atoms with Crippen LogP contribution in [0.1, 0.15) is 39.7 Å². The zero-order valence-electron chi connectivity index (χ0n) is 20.3. The third kappa shape index (κ3) is 8.42. The summed E-state index contributed by atoms with van der Waals surface area (Å²) in [5, 5.41) is 11.1. The maximum Gasteiger partial charge on any atom is 0.323 e. The van der Waals surface area contributed by atoms with E-state index < -0.39 is 35.5 Å². The molecule has 34 heavy (non-hydrogen) atoms. The van der Waals surface area contributed by atoms with Gasteiger partial charge in [-0.05, 0) is 31.7 Å². The molecular weight excluding hydrogens is 440 g/mol. The van der Waals surface area contributed by atoms with Gasteiger partial charge < -0.3 is 25.4 Å². The van der Waals surface area contributed by atoms with Crippen molar-refractivity contribution in [2.45, 2.75) is 64.4 Å². The molecule has 1 heterocycles. The molecule has 10 heteroatoms. The molecule has 0 aliphatic carbocycles. The number of hydrogen-bond acceptors (Lipinski definition) is 7. The number of carbonyl (C=O) groups excluding carboxylic acids is 4. The number of hydrogen-bond donors (Lipinski definition) is 4. The summed E-state index contributed by atoms with van der Waals surface area (Å²) in [6.07, 6.45) is 0.941. The molecule has 1 aliphatic rings. The van der Waals surface area contributed by atoms with Crippen molar-refractivity contribution in [2.75, 3.05) is 19.8 Å². The van der Waals surface area contributed by atoms with Crippen LogP contribution in [0.4, 0.5) is 0 Å². The smallest absolute Gasteiger partial charge is 0.323 e. The first-order chi connectivity index (χ1) is 16.2. The largest absolute Gasteiger partial charge is 0.460 e. The molecule has 188 valence electrons. The molecule has 1 aliphatic heterocycles. The van der Waals surface area contributed by atoms with E-state index in [0.717, 1.165) is 5.56 Å². The van der Waals surface area contributed by atoms with Crippen LogP contribution in [0, 0.1) is 5.92 Å². The molecule has 0 unspecified atom stereocenters. The Balaban J connectivity index is 1.82. The van der Waals surface area contributed by atoms with Gasteiger partial charge in [-0.25, -0.2) is 0 Å². The summed E-state index contributed by atoms with van der Waals surface area (Å²) in [6, 6.07) is 7.28. The van der Waals surface area contributed by atoms with E-state index in [1.165, 1.54) is 0 Å². The minimum absolute atomic E-state index is 0.180. The predicted molar refractivity (Wildman–Crippen MR) is 125 cm³/mol. The monoisotopic (exact) mass is 476 g/mol. The third-order valence-corrected chi connectivity index (χ3v) is 5.50. The molecule has 4 N–H and O–H groups in total. The van der Waals surface area contributed by atoms with Crippen LogP contribution in [0.2, 0.25) is 0 Å². The van der Waals surface area contributed by atoms with Gasteiger partial charge in [0.05, 0.1) is 18.8 Å². The zero-order valence-corrected chi connectivity index (χ0v) is 20.3. The van der Waals surface area contributed by atoms with Crippen molar-refractivity contribution in [1.29, 1.82) is 0 Å². The summed E-state index contributed by atoms with van der Waals surface area (Å²) in [4.78, 5) is 48.2. The molecule has 2 rings (SSSR count). The standard InChI is InChI=1S/C24H36N4O6/c1-16(2)10-20(26-15-29)22(31)27-17(3)21(30)25-12-24(13-33-14-24)28-18(4)23(32)34-11-19-8-6-5-7-9-19/h5-9,15-18,20,28H,10-14H2,1-4H3,(H,25,30)(H,26,29)(H,27,31)/t17-,18-,20-/m0/s1. The minimum Gasteiger partial charge on any atom is -0.460 e. The van der Waals surface area contributed by atoms with Gasteiger partial charge >= 0.3 is 5.97 Å². The molecule has 1 saturated heterocycles. The summed E-state index contributed by atoms with van der Waals surface area (Å²) < 4.78 is 10.7. The second kappa shape index (κ2) is 13.0. The van der Waals surface area contributed by atoms with Crippen LogP contribution in [0.15, 0.2) is 30.3 Å². The molecule has 0 aromatic heterocycles. The maximum absolute atomic E-state index is 12.6. The number of ether oxygens (including phenoxy) is 2. The second-order valence-electron chi connectivity index (χ2n) is 9.15. The summed E-state index contributed by atoms with van der Waals surface area (Å²) in [6.45, 7) is 8.19. The minimum atomic E-state index is -0.804. The average molecular weight is 477 g/mol. The maximum atomic E-state index is 12.6. The van der Waals surface area contributed by atoms with Crippen molar-refractivity contribution >= 4 is 24.2 Å². The molecule has 1 aromatic rings. The lowest BCUT2D eigenvalue weighted by molar-refractivity contribution is -0.150. The molecule has 10 nitrogen and oxygen atoms in total. The molecule has 0 bridgehead atoms. The van der Waals surface area contributed by atoms with Crippen LogP contribution >= 0.6 is 0 Å². The Bertz CT molecular complexity index is 828. The molecule has 1 fully saturated rings. The van der Waals surface area contributed by atoms with Gasteiger partial charge in [0.2, 0.25) is 18.2 Å². The lowest BCUT2D eigenvalue weighted by Gasteiger charge is -2.43. The average Bonchev–Trinajstić information content (AvgIpc) is 2.78. The Morgan fingerprint density at radius 2 is 1.74 bits per heavy atom. The van der Waals surface area contributed by atoms with E-state index in [1.54, 1.807) is 13.8 Å². The fourth-order valence-electron chi connectivity index (χ4n) is 3.55. The van der Waals surface area contributed by atoms with Crippen molar-refractivity contribution in [2.24, 2.45) is 5.92 Å². The molecule has 3 amide bonds. The molecule has 3 atom stereocenters. The van der Waals surface area contributed by atoms with Crippen molar-refractivity contribution in [1.82, 2.24) is 21.3 Å². The number of amides is 3. The van der Waals surface area contributed by atoms with Crippen LogP contribution in [-0.2, 0) is 35.3 Å². The van der Waals surface area contributed by atoms with Crippen molar-refractivity contribution < 1.29 is 28.7 Å². The van der Waals surface area contributed by atoms with Crippen molar-refractivity contribution in [3.8, 4) is 0 Å². The predicted octanol–water partition coefficient (Wildman–Crippen LogP) is 0.259. The highest BCUT2D eigenvalue weighted by atomic mass is 16.5. The van der Waals surface area contributed by atoms with Gasteiger partial charge in [-0.1, -0.05) is 44.2 Å². The quantitative estimate of drug-likeness (QED) is 0.223. The molecule has 0 saturated carbocycles. The van der Waals surface area contributed by atoms with Crippen molar-refractivity contribution in [3.05, 3.63) is 35.9 Å². The summed E-state index contributed by atoms with van der Waals surface area (Å²) >= 11 is 0. The Kier molecular flexibility index (Phi) is 10.5.